The van der Waals surface area contributed by atoms with E-state index in [1.165, 1.54) is 11.3 Å². The zero-order valence-electron chi connectivity index (χ0n) is 8.79. The predicted octanol–water partition coefficient (Wildman–Crippen LogP) is 1.81. The Hall–Kier alpha value is -1.89. The number of carbonyl (C=O) groups is 1. The van der Waals surface area contributed by atoms with Crippen molar-refractivity contribution in [3.8, 4) is 0 Å². The van der Waals surface area contributed by atoms with Gasteiger partial charge in [-0.25, -0.2) is 4.79 Å². The summed E-state index contributed by atoms with van der Waals surface area (Å²) in [6.45, 7) is 0. The highest BCUT2D eigenvalue weighted by molar-refractivity contribution is 7.13. The van der Waals surface area contributed by atoms with E-state index in [0.717, 1.165) is 12.2 Å². The van der Waals surface area contributed by atoms with E-state index in [9.17, 15) is 4.79 Å². The van der Waals surface area contributed by atoms with Gasteiger partial charge < -0.3 is 9.73 Å². The van der Waals surface area contributed by atoms with Crippen LogP contribution in [0.15, 0.2) is 28.3 Å². The lowest BCUT2D eigenvalue weighted by Crippen LogP contribution is -2.31. The van der Waals surface area contributed by atoms with Crippen molar-refractivity contribution in [1.82, 2.24) is 15.5 Å². The quantitative estimate of drug-likeness (QED) is 0.870. The molecule has 2 amide bonds. The van der Waals surface area contributed by atoms with E-state index in [1.807, 2.05) is 12.1 Å². The van der Waals surface area contributed by atoms with Crippen LogP contribution < -0.4 is 10.6 Å². The van der Waals surface area contributed by atoms with Gasteiger partial charge in [-0.2, -0.15) is 0 Å². The van der Waals surface area contributed by atoms with Gasteiger partial charge in [0.05, 0.1) is 6.26 Å². The van der Waals surface area contributed by atoms with Gasteiger partial charge in [-0.1, -0.05) is 11.3 Å². The highest BCUT2D eigenvalue weighted by atomic mass is 32.1. The number of rotatable bonds is 3. The highest BCUT2D eigenvalue weighted by Gasteiger charge is 2.41. The molecule has 1 fully saturated rings. The van der Waals surface area contributed by atoms with Crippen LogP contribution in [-0.4, -0.2) is 22.3 Å². The average molecular weight is 250 g/mol. The number of anilines is 1. The van der Waals surface area contributed by atoms with Crippen LogP contribution in [0.1, 0.15) is 18.1 Å². The lowest BCUT2D eigenvalue weighted by molar-refractivity contribution is 0.251. The summed E-state index contributed by atoms with van der Waals surface area (Å²) in [6.07, 6.45) is 2.56. The molecule has 6 nitrogen and oxygen atoms in total. The first-order chi connectivity index (χ1) is 8.33. The zero-order valence-corrected chi connectivity index (χ0v) is 9.61. The lowest BCUT2D eigenvalue weighted by Gasteiger charge is -2.03. The van der Waals surface area contributed by atoms with Crippen LogP contribution in [-0.2, 0) is 0 Å². The first-order valence-corrected chi connectivity index (χ1v) is 6.08. The average Bonchev–Trinajstić information content (AvgIpc) is 2.77. The van der Waals surface area contributed by atoms with Gasteiger partial charge in [-0.05, 0) is 18.6 Å². The molecule has 88 valence electrons. The Kier molecular flexibility index (Phi) is 2.52. The topological polar surface area (TPSA) is 80.0 Å². The molecule has 0 bridgehead atoms. The van der Waals surface area contributed by atoms with Crippen LogP contribution in [0.25, 0.3) is 0 Å². The normalized spacial score (nSPS) is 22.1. The van der Waals surface area contributed by atoms with Gasteiger partial charge in [0.15, 0.2) is 0 Å². The summed E-state index contributed by atoms with van der Waals surface area (Å²) in [5.74, 6) is 1.22. The summed E-state index contributed by atoms with van der Waals surface area (Å²) >= 11 is 1.28. The van der Waals surface area contributed by atoms with Crippen molar-refractivity contribution in [2.45, 2.75) is 18.4 Å². The Morgan fingerprint density at radius 1 is 1.59 bits per heavy atom. The summed E-state index contributed by atoms with van der Waals surface area (Å²) in [6, 6.07) is 3.68. The van der Waals surface area contributed by atoms with E-state index < -0.39 is 0 Å². The molecule has 0 aromatic carbocycles. The molecule has 2 N–H and O–H groups in total. The fraction of sp³-hybridized carbons (Fsp3) is 0.300. The van der Waals surface area contributed by atoms with E-state index in [1.54, 1.807) is 11.8 Å². The summed E-state index contributed by atoms with van der Waals surface area (Å²) in [7, 11) is 0. The highest BCUT2D eigenvalue weighted by Crippen LogP contribution is 2.40. The number of nitrogens with zero attached hydrogens (tertiary/aromatic N) is 2. The Bertz CT molecular complexity index is 496. The third kappa shape index (κ3) is 2.28. The molecule has 0 unspecified atom stereocenters. The van der Waals surface area contributed by atoms with Gasteiger partial charge in [0.2, 0.25) is 5.13 Å². The molecular formula is C10H10N4O2S. The van der Waals surface area contributed by atoms with Crippen LogP contribution in [0.2, 0.25) is 0 Å². The maximum absolute atomic E-state index is 11.6. The number of furan rings is 1. The Morgan fingerprint density at radius 2 is 2.53 bits per heavy atom. The number of nitrogens with one attached hydrogen (secondary N) is 2. The standard InChI is InChI=1S/C10H10N4O2S/c15-9(13-10-14-11-5-17-10)12-7-4-6(7)8-2-1-3-16-8/h1-3,5-7H,4H2,(H2,12,13,14,15)/t6-,7-/m1/s1. The van der Waals surface area contributed by atoms with Crippen LogP contribution in [0.3, 0.4) is 0 Å². The number of urea groups is 1. The third-order valence-corrected chi connectivity index (χ3v) is 3.20. The molecule has 2 aromatic rings. The smallest absolute Gasteiger partial charge is 0.321 e. The van der Waals surface area contributed by atoms with Crippen LogP contribution >= 0.6 is 11.3 Å². The molecule has 0 radical (unpaired) electrons. The van der Waals surface area contributed by atoms with Gasteiger partial charge in [0.1, 0.15) is 11.3 Å². The molecule has 1 aliphatic carbocycles. The van der Waals surface area contributed by atoms with Crippen molar-refractivity contribution in [1.29, 1.82) is 0 Å². The second-order valence-electron chi connectivity index (χ2n) is 3.81. The SMILES string of the molecule is O=C(Nc1nncs1)N[C@@H]1C[C@H]1c1ccco1. The second kappa shape index (κ2) is 4.17. The van der Waals surface area contributed by atoms with Crippen LogP contribution in [0.4, 0.5) is 9.93 Å². The van der Waals surface area contributed by atoms with Crippen molar-refractivity contribution in [2.75, 3.05) is 5.32 Å². The van der Waals surface area contributed by atoms with Crippen molar-refractivity contribution in [3.05, 3.63) is 29.7 Å². The Balaban J connectivity index is 1.51. The number of aromatic nitrogens is 2. The van der Waals surface area contributed by atoms with Gasteiger partial charge in [0, 0.05) is 12.0 Å². The molecule has 1 saturated carbocycles. The summed E-state index contributed by atoms with van der Waals surface area (Å²) in [5, 5.41) is 13.3. The first kappa shape index (κ1) is 10.3. The van der Waals surface area contributed by atoms with E-state index in [2.05, 4.69) is 20.8 Å². The Labute approximate surface area is 101 Å². The third-order valence-electron chi connectivity index (χ3n) is 2.60. The first-order valence-electron chi connectivity index (χ1n) is 5.20. The monoisotopic (exact) mass is 250 g/mol. The van der Waals surface area contributed by atoms with Crippen LogP contribution in [0.5, 0.6) is 0 Å². The molecule has 2 atom stereocenters. The summed E-state index contributed by atoms with van der Waals surface area (Å²) in [5.41, 5.74) is 1.57. The lowest BCUT2D eigenvalue weighted by atomic mass is 10.3. The minimum Gasteiger partial charge on any atom is -0.469 e. The van der Waals surface area contributed by atoms with Crippen LogP contribution in [0, 0.1) is 0 Å². The fourth-order valence-electron chi connectivity index (χ4n) is 1.70. The van der Waals surface area contributed by atoms with E-state index >= 15 is 0 Å². The number of hydrogen-bond acceptors (Lipinski definition) is 5. The second-order valence-corrected chi connectivity index (χ2v) is 4.64. The van der Waals surface area contributed by atoms with Gasteiger partial charge in [-0.3, -0.25) is 5.32 Å². The molecular weight excluding hydrogens is 240 g/mol. The fourth-order valence-corrected chi connectivity index (χ4v) is 2.14. The maximum atomic E-state index is 11.6. The van der Waals surface area contributed by atoms with E-state index in [-0.39, 0.29) is 12.1 Å². The molecule has 0 aliphatic heterocycles. The van der Waals surface area contributed by atoms with E-state index in [4.69, 9.17) is 4.42 Å². The minimum atomic E-state index is -0.249. The van der Waals surface area contributed by atoms with Crippen molar-refractivity contribution < 1.29 is 9.21 Å². The predicted molar refractivity (Wildman–Crippen MR) is 61.9 cm³/mol. The van der Waals surface area contributed by atoms with Crippen molar-refractivity contribution in [3.63, 3.8) is 0 Å². The number of amides is 2. The minimum absolute atomic E-state index is 0.147. The zero-order chi connectivity index (χ0) is 11.7. The molecule has 7 heteroatoms. The molecule has 3 rings (SSSR count). The maximum Gasteiger partial charge on any atom is 0.321 e. The number of carbonyl (C=O) groups excluding carboxylic acids is 1. The Morgan fingerprint density at radius 3 is 3.24 bits per heavy atom. The summed E-state index contributed by atoms with van der Waals surface area (Å²) in [4.78, 5) is 11.6. The van der Waals surface area contributed by atoms with Crippen molar-refractivity contribution >= 4 is 22.5 Å². The summed E-state index contributed by atoms with van der Waals surface area (Å²) < 4.78 is 5.28. The molecule has 0 spiro atoms. The molecule has 2 heterocycles. The van der Waals surface area contributed by atoms with E-state index in [0.29, 0.717) is 11.0 Å². The molecule has 17 heavy (non-hydrogen) atoms. The molecule has 0 saturated heterocycles. The number of hydrogen-bond donors (Lipinski definition) is 2. The van der Waals surface area contributed by atoms with Crippen molar-refractivity contribution in [2.24, 2.45) is 0 Å². The van der Waals surface area contributed by atoms with Gasteiger partial charge >= 0.3 is 6.03 Å². The largest absolute Gasteiger partial charge is 0.469 e. The van der Waals surface area contributed by atoms with Gasteiger partial charge in [0.25, 0.3) is 0 Å². The van der Waals surface area contributed by atoms with Gasteiger partial charge in [-0.15, -0.1) is 10.2 Å². The molecule has 1 aliphatic rings. The molecule has 2 aromatic heterocycles.